The summed E-state index contributed by atoms with van der Waals surface area (Å²) in [7, 11) is 3.09. The van der Waals surface area contributed by atoms with Gasteiger partial charge in [-0.05, 0) is 30.3 Å². The van der Waals surface area contributed by atoms with Gasteiger partial charge in [0.1, 0.15) is 0 Å². The van der Waals surface area contributed by atoms with Gasteiger partial charge in [-0.15, -0.1) is 0 Å². The Hall–Kier alpha value is -2.82. The highest BCUT2D eigenvalue weighted by Gasteiger charge is 2.16. The largest absolute Gasteiger partial charge is 0.478 e. The van der Waals surface area contributed by atoms with Crippen LogP contribution in [0.5, 0.6) is 0 Å². The molecular weight excluding hydrogens is 270 g/mol. The number of carbonyl (C=O) groups is 2. The van der Waals surface area contributed by atoms with Crippen molar-refractivity contribution >= 4 is 23.3 Å². The lowest BCUT2D eigenvalue weighted by atomic mass is 10.1. The number of hydrogen-bond acceptors (Lipinski definition) is 4. The van der Waals surface area contributed by atoms with E-state index in [1.165, 1.54) is 13.2 Å². The summed E-state index contributed by atoms with van der Waals surface area (Å²) in [5, 5.41) is 9.05. The topological polar surface area (TPSA) is 66.8 Å². The van der Waals surface area contributed by atoms with E-state index >= 15 is 0 Å². The van der Waals surface area contributed by atoms with Crippen molar-refractivity contribution < 1.29 is 19.4 Å². The molecule has 0 atom stereocenters. The molecule has 2 aromatic carbocycles. The van der Waals surface area contributed by atoms with Gasteiger partial charge in [-0.1, -0.05) is 18.2 Å². The molecule has 0 spiro atoms. The monoisotopic (exact) mass is 285 g/mol. The predicted octanol–water partition coefficient (Wildman–Crippen LogP) is 2.94. The summed E-state index contributed by atoms with van der Waals surface area (Å²) in [6.45, 7) is 0. The van der Waals surface area contributed by atoms with Gasteiger partial charge in [-0.25, -0.2) is 9.59 Å². The molecule has 0 fully saturated rings. The number of ether oxygens (including phenoxy) is 1. The molecule has 0 saturated heterocycles. The Morgan fingerprint density at radius 2 is 1.81 bits per heavy atom. The van der Waals surface area contributed by atoms with Crippen LogP contribution in [-0.2, 0) is 4.74 Å². The molecular formula is C16H15NO4. The predicted molar refractivity (Wildman–Crippen MR) is 79.2 cm³/mol. The zero-order valence-electron chi connectivity index (χ0n) is 11.7. The van der Waals surface area contributed by atoms with Crippen LogP contribution in [-0.4, -0.2) is 31.2 Å². The van der Waals surface area contributed by atoms with Crippen molar-refractivity contribution in [3.05, 3.63) is 59.7 Å². The lowest BCUT2D eigenvalue weighted by Gasteiger charge is -2.22. The van der Waals surface area contributed by atoms with E-state index < -0.39 is 11.9 Å². The third-order valence-corrected chi connectivity index (χ3v) is 3.15. The molecule has 0 aromatic heterocycles. The van der Waals surface area contributed by atoms with Gasteiger partial charge >= 0.3 is 11.9 Å². The normalized spacial score (nSPS) is 10.0. The highest BCUT2D eigenvalue weighted by Crippen LogP contribution is 2.28. The maximum atomic E-state index is 11.8. The standard InChI is InChI=1S/C16H15NO4/c1-17(12-7-5-6-11(10-12)15(18)19)14-9-4-3-8-13(14)16(20)21-2/h3-10H,1-2H3,(H,18,19). The minimum Gasteiger partial charge on any atom is -0.478 e. The molecule has 1 N–H and O–H groups in total. The van der Waals surface area contributed by atoms with Crippen molar-refractivity contribution in [3.8, 4) is 0 Å². The Balaban J connectivity index is 2.45. The van der Waals surface area contributed by atoms with E-state index in [0.29, 0.717) is 16.9 Å². The lowest BCUT2D eigenvalue weighted by molar-refractivity contribution is 0.0600. The van der Waals surface area contributed by atoms with Gasteiger partial charge in [-0.3, -0.25) is 0 Å². The second-order valence-electron chi connectivity index (χ2n) is 4.42. The van der Waals surface area contributed by atoms with E-state index in [1.54, 1.807) is 54.4 Å². The first-order valence-electron chi connectivity index (χ1n) is 6.29. The van der Waals surface area contributed by atoms with Crippen LogP contribution in [0, 0.1) is 0 Å². The Morgan fingerprint density at radius 3 is 2.48 bits per heavy atom. The van der Waals surface area contributed by atoms with Crippen molar-refractivity contribution in [1.29, 1.82) is 0 Å². The highest BCUT2D eigenvalue weighted by molar-refractivity contribution is 5.97. The number of carboxylic acid groups (broad SMARTS) is 1. The Bertz CT molecular complexity index is 681. The van der Waals surface area contributed by atoms with Crippen LogP contribution in [0.25, 0.3) is 0 Å². The number of methoxy groups -OCH3 is 1. The van der Waals surface area contributed by atoms with Crippen LogP contribution < -0.4 is 4.90 Å². The van der Waals surface area contributed by atoms with Gasteiger partial charge in [0.15, 0.2) is 0 Å². The minimum atomic E-state index is -0.994. The van der Waals surface area contributed by atoms with Crippen LogP contribution in [0.4, 0.5) is 11.4 Å². The molecule has 0 aliphatic heterocycles. The van der Waals surface area contributed by atoms with Gasteiger partial charge < -0.3 is 14.7 Å². The van der Waals surface area contributed by atoms with Gasteiger partial charge in [-0.2, -0.15) is 0 Å². The molecule has 5 heteroatoms. The molecule has 0 amide bonds. The molecule has 5 nitrogen and oxygen atoms in total. The number of carboxylic acids is 1. The third-order valence-electron chi connectivity index (χ3n) is 3.15. The summed E-state index contributed by atoms with van der Waals surface area (Å²) >= 11 is 0. The van der Waals surface area contributed by atoms with Crippen molar-refractivity contribution in [1.82, 2.24) is 0 Å². The van der Waals surface area contributed by atoms with Crippen molar-refractivity contribution in [2.45, 2.75) is 0 Å². The smallest absolute Gasteiger partial charge is 0.339 e. The van der Waals surface area contributed by atoms with Crippen molar-refractivity contribution in [2.75, 3.05) is 19.1 Å². The summed E-state index contributed by atoms with van der Waals surface area (Å²) in [6.07, 6.45) is 0. The van der Waals surface area contributed by atoms with Gasteiger partial charge in [0.05, 0.1) is 23.9 Å². The summed E-state index contributed by atoms with van der Waals surface area (Å²) in [4.78, 5) is 24.6. The number of para-hydroxylation sites is 1. The first-order valence-corrected chi connectivity index (χ1v) is 6.29. The van der Waals surface area contributed by atoms with Crippen molar-refractivity contribution in [2.24, 2.45) is 0 Å². The third kappa shape index (κ3) is 3.02. The summed E-state index contributed by atoms with van der Waals surface area (Å²) in [5.41, 5.74) is 1.93. The molecule has 0 saturated carbocycles. The first-order chi connectivity index (χ1) is 10.0. The summed E-state index contributed by atoms with van der Waals surface area (Å²) < 4.78 is 4.77. The molecule has 21 heavy (non-hydrogen) atoms. The zero-order chi connectivity index (χ0) is 15.4. The number of rotatable bonds is 4. The van der Waals surface area contributed by atoms with Crippen LogP contribution in [0.3, 0.4) is 0 Å². The number of carbonyl (C=O) groups excluding carboxylic acids is 1. The minimum absolute atomic E-state index is 0.190. The fraction of sp³-hybridized carbons (Fsp3) is 0.125. The number of hydrogen-bond donors (Lipinski definition) is 1. The quantitative estimate of drug-likeness (QED) is 0.875. The summed E-state index contributed by atoms with van der Waals surface area (Å²) in [6, 6.07) is 13.5. The zero-order valence-corrected chi connectivity index (χ0v) is 11.7. The van der Waals surface area contributed by atoms with E-state index in [4.69, 9.17) is 9.84 Å². The maximum absolute atomic E-state index is 11.8. The van der Waals surface area contributed by atoms with Crippen LogP contribution in [0.2, 0.25) is 0 Å². The van der Waals surface area contributed by atoms with Gasteiger partial charge in [0.25, 0.3) is 0 Å². The molecule has 2 aromatic rings. The van der Waals surface area contributed by atoms with E-state index in [9.17, 15) is 9.59 Å². The first kappa shape index (κ1) is 14.6. The van der Waals surface area contributed by atoms with E-state index in [0.717, 1.165) is 0 Å². The second kappa shape index (κ2) is 6.09. The molecule has 108 valence electrons. The fourth-order valence-corrected chi connectivity index (χ4v) is 2.04. The van der Waals surface area contributed by atoms with Crippen molar-refractivity contribution in [3.63, 3.8) is 0 Å². The molecule has 0 bridgehead atoms. The van der Waals surface area contributed by atoms with E-state index in [-0.39, 0.29) is 5.56 Å². The number of nitrogens with zero attached hydrogens (tertiary/aromatic N) is 1. The molecule has 0 heterocycles. The lowest BCUT2D eigenvalue weighted by Crippen LogP contribution is -2.15. The number of anilines is 2. The molecule has 0 unspecified atom stereocenters. The van der Waals surface area contributed by atoms with Crippen LogP contribution >= 0.6 is 0 Å². The molecule has 0 aliphatic carbocycles. The van der Waals surface area contributed by atoms with Gasteiger partial charge in [0.2, 0.25) is 0 Å². The Labute approximate surface area is 122 Å². The fourth-order valence-electron chi connectivity index (χ4n) is 2.04. The van der Waals surface area contributed by atoms with Crippen LogP contribution in [0.1, 0.15) is 20.7 Å². The van der Waals surface area contributed by atoms with Crippen LogP contribution in [0.15, 0.2) is 48.5 Å². The molecule has 2 rings (SSSR count). The molecule has 0 aliphatic rings. The van der Waals surface area contributed by atoms with Gasteiger partial charge in [0, 0.05) is 12.7 Å². The molecule has 0 radical (unpaired) electrons. The average molecular weight is 285 g/mol. The number of esters is 1. The van der Waals surface area contributed by atoms with E-state index in [1.807, 2.05) is 0 Å². The maximum Gasteiger partial charge on any atom is 0.339 e. The SMILES string of the molecule is COC(=O)c1ccccc1N(C)c1cccc(C(=O)O)c1. The summed E-state index contributed by atoms with van der Waals surface area (Å²) in [5.74, 6) is -1.43. The second-order valence-corrected chi connectivity index (χ2v) is 4.42. The average Bonchev–Trinajstić information content (AvgIpc) is 2.53. The number of benzene rings is 2. The highest BCUT2D eigenvalue weighted by atomic mass is 16.5. The Morgan fingerprint density at radius 1 is 1.10 bits per heavy atom. The number of aromatic carboxylic acids is 1. The van der Waals surface area contributed by atoms with E-state index in [2.05, 4.69) is 0 Å². The Kier molecular flexibility index (Phi) is 4.23.